The van der Waals surface area contributed by atoms with Gasteiger partial charge < -0.3 is 25.1 Å². The Bertz CT molecular complexity index is 1160. The fraction of sp³-hybridized carbons (Fsp3) is 0.696. The van der Waals surface area contributed by atoms with Gasteiger partial charge in [0, 0.05) is 31.9 Å². The molecule has 1 aromatic heterocycles. The van der Waals surface area contributed by atoms with Gasteiger partial charge in [0.1, 0.15) is 18.1 Å². The summed E-state index contributed by atoms with van der Waals surface area (Å²) in [4.78, 5) is 54.0. The fourth-order valence-electron chi connectivity index (χ4n) is 5.10. The Labute approximate surface area is 206 Å². The van der Waals surface area contributed by atoms with Crippen LogP contribution in [0.15, 0.2) is 11.0 Å². The van der Waals surface area contributed by atoms with E-state index in [1.165, 1.54) is 43.5 Å². The maximum absolute atomic E-state index is 13.5. The SMILES string of the molecule is Cn1cc(CC(C#N)NC(=O)[C@@H]2[C@H]3[C@H](CN2C(=O)[C@@H](NC(=O)C(F)(F)F)C(C)(C)C)C3(C)C)[nH]c1=O. The van der Waals surface area contributed by atoms with Crippen LogP contribution in [0, 0.1) is 34.0 Å². The number of nitrogens with zero attached hydrogens (tertiary/aromatic N) is 3. The third-order valence-electron chi connectivity index (χ3n) is 7.24. The lowest BCUT2D eigenvalue weighted by atomic mass is 9.85. The maximum Gasteiger partial charge on any atom is 0.471 e. The van der Waals surface area contributed by atoms with Gasteiger partial charge in [0.05, 0.1) is 6.07 Å². The second kappa shape index (κ2) is 8.97. The van der Waals surface area contributed by atoms with Gasteiger partial charge >= 0.3 is 17.8 Å². The van der Waals surface area contributed by atoms with Crippen molar-refractivity contribution in [3.63, 3.8) is 0 Å². The molecule has 0 bridgehead atoms. The molecule has 1 saturated heterocycles. The smallest absolute Gasteiger partial charge is 0.338 e. The molecule has 0 radical (unpaired) electrons. The molecule has 13 heteroatoms. The summed E-state index contributed by atoms with van der Waals surface area (Å²) in [6.07, 6.45) is -3.65. The molecule has 3 N–H and O–H groups in total. The third kappa shape index (κ3) is 5.12. The van der Waals surface area contributed by atoms with E-state index in [0.29, 0.717) is 5.69 Å². The average Bonchev–Trinajstić information content (AvgIpc) is 3.06. The Morgan fingerprint density at radius 2 is 1.86 bits per heavy atom. The van der Waals surface area contributed by atoms with Crippen LogP contribution in [0.25, 0.3) is 0 Å². The predicted molar refractivity (Wildman–Crippen MR) is 121 cm³/mol. The van der Waals surface area contributed by atoms with Gasteiger partial charge in [-0.2, -0.15) is 18.4 Å². The Kier molecular flexibility index (Phi) is 6.80. The molecule has 2 aliphatic rings. The molecule has 1 aliphatic heterocycles. The zero-order valence-corrected chi connectivity index (χ0v) is 21.0. The summed E-state index contributed by atoms with van der Waals surface area (Å²) in [7, 11) is 1.53. The number of hydrogen-bond acceptors (Lipinski definition) is 5. The van der Waals surface area contributed by atoms with Crippen molar-refractivity contribution in [2.45, 2.75) is 65.3 Å². The minimum Gasteiger partial charge on any atom is -0.338 e. The van der Waals surface area contributed by atoms with Crippen LogP contribution in [-0.4, -0.2) is 63.0 Å². The van der Waals surface area contributed by atoms with Crippen LogP contribution in [-0.2, 0) is 27.9 Å². The van der Waals surface area contributed by atoms with Crippen molar-refractivity contribution in [2.75, 3.05) is 6.54 Å². The van der Waals surface area contributed by atoms with Crippen molar-refractivity contribution >= 4 is 17.7 Å². The molecule has 1 unspecified atom stereocenters. The fourth-order valence-corrected chi connectivity index (χ4v) is 5.10. The summed E-state index contributed by atoms with van der Waals surface area (Å²) in [5.74, 6) is -3.94. The zero-order valence-electron chi connectivity index (χ0n) is 21.0. The van der Waals surface area contributed by atoms with E-state index in [2.05, 4.69) is 10.3 Å². The number of nitriles is 1. The normalized spacial score (nSPS) is 24.3. The molecular formula is C23H31F3N6O4. The predicted octanol–water partition coefficient (Wildman–Crippen LogP) is 0.840. The zero-order chi connectivity index (χ0) is 27.4. The van der Waals surface area contributed by atoms with E-state index in [4.69, 9.17) is 0 Å². The first kappa shape index (κ1) is 27.3. The van der Waals surface area contributed by atoms with E-state index in [-0.39, 0.29) is 35.9 Å². The molecule has 1 aliphatic carbocycles. The highest BCUT2D eigenvalue weighted by molar-refractivity contribution is 5.95. The van der Waals surface area contributed by atoms with Gasteiger partial charge in [-0.15, -0.1) is 0 Å². The molecule has 3 amide bonds. The van der Waals surface area contributed by atoms with Gasteiger partial charge in [-0.25, -0.2) is 4.79 Å². The molecule has 36 heavy (non-hydrogen) atoms. The summed E-state index contributed by atoms with van der Waals surface area (Å²) < 4.78 is 40.1. The lowest BCUT2D eigenvalue weighted by Crippen LogP contribution is -2.61. The number of piperidine rings is 1. The van der Waals surface area contributed by atoms with Crippen molar-refractivity contribution in [1.29, 1.82) is 5.26 Å². The second-order valence-electron chi connectivity index (χ2n) is 11.2. The lowest BCUT2D eigenvalue weighted by Gasteiger charge is -2.37. The summed E-state index contributed by atoms with van der Waals surface area (Å²) in [6, 6.07) is -1.59. The van der Waals surface area contributed by atoms with E-state index in [1.807, 2.05) is 19.9 Å². The number of carbonyl (C=O) groups excluding carboxylic acids is 3. The highest BCUT2D eigenvalue weighted by Gasteiger charge is 2.70. The van der Waals surface area contributed by atoms with Gasteiger partial charge in [0.25, 0.3) is 0 Å². The molecule has 10 nitrogen and oxygen atoms in total. The van der Waals surface area contributed by atoms with Crippen molar-refractivity contribution in [3.8, 4) is 6.07 Å². The Hall–Kier alpha value is -3.30. The van der Waals surface area contributed by atoms with Crippen LogP contribution in [0.2, 0.25) is 0 Å². The number of likely N-dealkylation sites (tertiary alicyclic amines) is 1. The largest absolute Gasteiger partial charge is 0.471 e. The van der Waals surface area contributed by atoms with Crippen molar-refractivity contribution in [3.05, 3.63) is 22.4 Å². The van der Waals surface area contributed by atoms with Crippen LogP contribution >= 0.6 is 0 Å². The molecule has 2 fully saturated rings. The minimum absolute atomic E-state index is 0.0166. The van der Waals surface area contributed by atoms with E-state index in [1.54, 1.807) is 5.32 Å². The lowest BCUT2D eigenvalue weighted by molar-refractivity contribution is -0.176. The van der Waals surface area contributed by atoms with Gasteiger partial charge in [-0.05, 0) is 22.7 Å². The first-order valence-electron chi connectivity index (χ1n) is 11.5. The minimum atomic E-state index is -5.17. The van der Waals surface area contributed by atoms with Crippen LogP contribution in [0.4, 0.5) is 13.2 Å². The number of hydrogen-bond donors (Lipinski definition) is 3. The highest BCUT2D eigenvalue weighted by atomic mass is 19.4. The Morgan fingerprint density at radius 3 is 2.33 bits per heavy atom. The topological polar surface area (TPSA) is 140 Å². The quantitative estimate of drug-likeness (QED) is 0.518. The highest BCUT2D eigenvalue weighted by Crippen LogP contribution is 2.65. The number of imidazole rings is 1. The summed E-state index contributed by atoms with van der Waals surface area (Å²) >= 11 is 0. The number of nitrogens with one attached hydrogen (secondary N) is 3. The van der Waals surface area contributed by atoms with Crippen LogP contribution < -0.4 is 16.3 Å². The average molecular weight is 513 g/mol. The molecule has 2 heterocycles. The van der Waals surface area contributed by atoms with Crippen LogP contribution in [0.5, 0.6) is 0 Å². The van der Waals surface area contributed by atoms with Crippen molar-refractivity contribution in [1.82, 2.24) is 25.1 Å². The monoisotopic (exact) mass is 512 g/mol. The number of fused-ring (bicyclic) bond motifs is 1. The number of H-pyrrole nitrogens is 1. The van der Waals surface area contributed by atoms with Gasteiger partial charge in [-0.1, -0.05) is 34.6 Å². The van der Waals surface area contributed by atoms with Gasteiger partial charge in [0.15, 0.2) is 0 Å². The Morgan fingerprint density at radius 1 is 1.25 bits per heavy atom. The number of rotatable bonds is 6. The van der Waals surface area contributed by atoms with E-state index in [9.17, 15) is 37.6 Å². The summed E-state index contributed by atoms with van der Waals surface area (Å²) in [5, 5.41) is 14.0. The summed E-state index contributed by atoms with van der Waals surface area (Å²) in [6.45, 7) is 8.59. The maximum atomic E-state index is 13.5. The first-order chi connectivity index (χ1) is 16.4. The molecule has 1 aromatic rings. The summed E-state index contributed by atoms with van der Waals surface area (Å²) in [5.41, 5.74) is -1.30. The second-order valence-corrected chi connectivity index (χ2v) is 11.2. The molecule has 0 aromatic carbocycles. The van der Waals surface area contributed by atoms with Gasteiger partial charge in [0.2, 0.25) is 11.8 Å². The number of carbonyl (C=O) groups is 3. The van der Waals surface area contributed by atoms with E-state index in [0.717, 1.165) is 0 Å². The Balaban J connectivity index is 1.83. The molecule has 0 spiro atoms. The number of aromatic nitrogens is 2. The number of halogens is 3. The molecule has 5 atom stereocenters. The first-order valence-corrected chi connectivity index (χ1v) is 11.5. The third-order valence-corrected chi connectivity index (χ3v) is 7.24. The number of aromatic amines is 1. The number of alkyl halides is 3. The standard InChI is InChI=1S/C23H31F3N6O4/c1-21(2,3)16(30-19(35)23(24,25)26)18(34)32-10-13-14(22(13,4)5)15(32)17(33)28-11(8-27)7-12-9-31(6)20(36)29-12/h9,11,13-16H,7,10H2,1-6H3,(H,28,33)(H,29,36)(H,30,35)/t11?,13-,14+,15-,16+/m0/s1. The van der Waals surface area contributed by atoms with Gasteiger partial charge in [-0.3, -0.25) is 14.4 Å². The van der Waals surface area contributed by atoms with Crippen molar-refractivity contribution in [2.24, 2.45) is 29.7 Å². The number of amides is 3. The van der Waals surface area contributed by atoms with Crippen LogP contribution in [0.1, 0.15) is 40.3 Å². The van der Waals surface area contributed by atoms with E-state index >= 15 is 0 Å². The molecular weight excluding hydrogens is 481 g/mol. The molecule has 3 rings (SSSR count). The van der Waals surface area contributed by atoms with Crippen LogP contribution in [0.3, 0.4) is 0 Å². The molecule has 198 valence electrons. The number of aryl methyl sites for hydroxylation is 1. The molecule has 1 saturated carbocycles. The van der Waals surface area contributed by atoms with Crippen molar-refractivity contribution < 1.29 is 27.6 Å². The van der Waals surface area contributed by atoms with E-state index < -0.39 is 47.4 Å².